The zero-order chi connectivity index (χ0) is 14.9. The van der Waals surface area contributed by atoms with Crippen LogP contribution in [0.2, 0.25) is 0 Å². The highest BCUT2D eigenvalue weighted by Crippen LogP contribution is 2.28. The van der Waals surface area contributed by atoms with Crippen molar-refractivity contribution in [3.63, 3.8) is 0 Å². The first-order valence-electron chi connectivity index (χ1n) is 6.42. The van der Waals surface area contributed by atoms with Crippen LogP contribution in [0.3, 0.4) is 0 Å². The van der Waals surface area contributed by atoms with Crippen LogP contribution in [0, 0.1) is 6.92 Å². The third-order valence-electron chi connectivity index (χ3n) is 3.34. The summed E-state index contributed by atoms with van der Waals surface area (Å²) in [5.41, 5.74) is 2.68. The van der Waals surface area contributed by atoms with Crippen LogP contribution in [-0.4, -0.2) is 28.0 Å². The highest BCUT2D eigenvalue weighted by Gasteiger charge is 2.17. The van der Waals surface area contributed by atoms with Crippen molar-refractivity contribution >= 4 is 5.97 Å². The van der Waals surface area contributed by atoms with E-state index in [1.165, 1.54) is 6.20 Å². The Hall–Kier alpha value is -2.30. The molecule has 0 amide bonds. The molecule has 0 saturated heterocycles. The molecule has 1 aromatic carbocycles. The highest BCUT2D eigenvalue weighted by molar-refractivity contribution is 5.88. The molecule has 0 unspecified atom stereocenters. The Kier molecular flexibility index (Phi) is 3.79. The van der Waals surface area contributed by atoms with Crippen molar-refractivity contribution in [3.05, 3.63) is 41.2 Å². The van der Waals surface area contributed by atoms with Gasteiger partial charge in [0, 0.05) is 0 Å². The first kappa shape index (κ1) is 14.1. The van der Waals surface area contributed by atoms with Crippen LogP contribution in [0.1, 0.15) is 41.4 Å². The minimum Gasteiger partial charge on any atom is -0.494 e. The van der Waals surface area contributed by atoms with Gasteiger partial charge in [-0.3, -0.25) is 0 Å². The molecule has 0 radical (unpaired) electrons. The predicted molar refractivity (Wildman–Crippen MR) is 75.9 cm³/mol. The molecule has 0 bridgehead atoms. The number of methoxy groups -OCH3 is 1. The number of benzene rings is 1. The Morgan fingerprint density at radius 1 is 1.40 bits per heavy atom. The second-order valence-corrected chi connectivity index (χ2v) is 4.95. The van der Waals surface area contributed by atoms with Gasteiger partial charge in [0.25, 0.3) is 0 Å². The van der Waals surface area contributed by atoms with E-state index in [0.29, 0.717) is 17.4 Å². The standard InChI is InChI=1S/C15H18N2O3/c1-9(2)11-5-6-14(20-4)13(7-11)17-10(3)12(8-16-17)15(18)19/h5-9H,1-4H3,(H,18,19). The minimum atomic E-state index is -0.979. The van der Waals surface area contributed by atoms with Crippen molar-refractivity contribution in [2.45, 2.75) is 26.7 Å². The van der Waals surface area contributed by atoms with E-state index in [4.69, 9.17) is 9.84 Å². The van der Waals surface area contributed by atoms with Gasteiger partial charge in [-0.15, -0.1) is 0 Å². The number of nitrogens with zero attached hydrogens (tertiary/aromatic N) is 2. The topological polar surface area (TPSA) is 64.4 Å². The molecule has 106 valence electrons. The Labute approximate surface area is 117 Å². The number of ether oxygens (including phenoxy) is 1. The van der Waals surface area contributed by atoms with Gasteiger partial charge in [0.05, 0.1) is 19.0 Å². The summed E-state index contributed by atoms with van der Waals surface area (Å²) in [6.07, 6.45) is 1.36. The maximum Gasteiger partial charge on any atom is 0.339 e. The molecule has 0 aliphatic rings. The number of hydrogen-bond acceptors (Lipinski definition) is 3. The first-order valence-corrected chi connectivity index (χ1v) is 6.42. The number of carboxylic acids is 1. The van der Waals surface area contributed by atoms with Crippen LogP contribution in [0.5, 0.6) is 5.75 Å². The average molecular weight is 274 g/mol. The number of carbonyl (C=O) groups is 1. The SMILES string of the molecule is COc1ccc(C(C)C)cc1-n1ncc(C(=O)O)c1C. The molecule has 2 aromatic rings. The van der Waals surface area contributed by atoms with Gasteiger partial charge in [-0.25, -0.2) is 9.48 Å². The molecule has 0 aliphatic carbocycles. The number of aromatic nitrogens is 2. The number of hydrogen-bond donors (Lipinski definition) is 1. The normalized spacial score (nSPS) is 10.8. The number of aromatic carboxylic acids is 1. The Morgan fingerprint density at radius 3 is 2.60 bits per heavy atom. The van der Waals surface area contributed by atoms with E-state index >= 15 is 0 Å². The van der Waals surface area contributed by atoms with E-state index in [1.54, 1.807) is 18.7 Å². The molecule has 1 heterocycles. The van der Waals surface area contributed by atoms with Crippen molar-refractivity contribution in [1.82, 2.24) is 9.78 Å². The van der Waals surface area contributed by atoms with Gasteiger partial charge < -0.3 is 9.84 Å². The van der Waals surface area contributed by atoms with E-state index < -0.39 is 5.97 Å². The van der Waals surface area contributed by atoms with Crippen LogP contribution in [0.15, 0.2) is 24.4 Å². The van der Waals surface area contributed by atoms with Crippen LogP contribution in [-0.2, 0) is 0 Å². The third-order valence-corrected chi connectivity index (χ3v) is 3.34. The molecular formula is C15H18N2O3. The van der Waals surface area contributed by atoms with Gasteiger partial charge in [0.15, 0.2) is 0 Å². The lowest BCUT2D eigenvalue weighted by Crippen LogP contribution is -2.05. The van der Waals surface area contributed by atoms with Crippen LogP contribution >= 0.6 is 0 Å². The second-order valence-electron chi connectivity index (χ2n) is 4.95. The van der Waals surface area contributed by atoms with Crippen molar-refractivity contribution in [3.8, 4) is 11.4 Å². The molecule has 2 rings (SSSR count). The molecule has 1 N–H and O–H groups in total. The van der Waals surface area contributed by atoms with E-state index in [2.05, 4.69) is 18.9 Å². The van der Waals surface area contributed by atoms with Gasteiger partial charge in [0.2, 0.25) is 0 Å². The Morgan fingerprint density at radius 2 is 2.10 bits per heavy atom. The van der Waals surface area contributed by atoms with Crippen molar-refractivity contribution in [2.24, 2.45) is 0 Å². The maximum atomic E-state index is 11.1. The summed E-state index contributed by atoms with van der Waals surface area (Å²) in [5, 5.41) is 13.3. The summed E-state index contributed by atoms with van der Waals surface area (Å²) in [4.78, 5) is 11.1. The fourth-order valence-electron chi connectivity index (χ4n) is 2.09. The van der Waals surface area contributed by atoms with Gasteiger partial charge in [-0.1, -0.05) is 19.9 Å². The zero-order valence-electron chi connectivity index (χ0n) is 12.0. The molecule has 0 aliphatic heterocycles. The molecular weight excluding hydrogens is 256 g/mol. The third kappa shape index (κ3) is 2.39. The summed E-state index contributed by atoms with van der Waals surface area (Å²) >= 11 is 0. The van der Waals surface area contributed by atoms with E-state index in [1.807, 2.05) is 18.2 Å². The van der Waals surface area contributed by atoms with Gasteiger partial charge in [-0.2, -0.15) is 5.10 Å². The summed E-state index contributed by atoms with van der Waals surface area (Å²) in [5.74, 6) is 0.0553. The summed E-state index contributed by atoms with van der Waals surface area (Å²) in [7, 11) is 1.59. The number of carboxylic acid groups (broad SMARTS) is 1. The Balaban J connectivity index is 2.61. The summed E-state index contributed by atoms with van der Waals surface area (Å²) in [6, 6.07) is 5.87. The maximum absolute atomic E-state index is 11.1. The second kappa shape index (κ2) is 5.36. The largest absolute Gasteiger partial charge is 0.494 e. The molecule has 20 heavy (non-hydrogen) atoms. The van der Waals surface area contributed by atoms with Crippen molar-refractivity contribution in [2.75, 3.05) is 7.11 Å². The predicted octanol–water partition coefficient (Wildman–Crippen LogP) is 3.01. The molecule has 5 nitrogen and oxygen atoms in total. The van der Waals surface area contributed by atoms with Gasteiger partial charge in [-0.05, 0) is 30.5 Å². The van der Waals surface area contributed by atoms with E-state index in [9.17, 15) is 4.79 Å². The van der Waals surface area contributed by atoms with Crippen molar-refractivity contribution in [1.29, 1.82) is 0 Å². The average Bonchev–Trinajstić information content (AvgIpc) is 2.79. The van der Waals surface area contributed by atoms with E-state index in [0.717, 1.165) is 11.3 Å². The quantitative estimate of drug-likeness (QED) is 0.930. The lowest BCUT2D eigenvalue weighted by Gasteiger charge is -2.14. The molecule has 0 fully saturated rings. The summed E-state index contributed by atoms with van der Waals surface area (Å²) < 4.78 is 6.96. The molecule has 0 atom stereocenters. The summed E-state index contributed by atoms with van der Waals surface area (Å²) in [6.45, 7) is 5.94. The number of rotatable bonds is 4. The fourth-order valence-corrected chi connectivity index (χ4v) is 2.09. The molecule has 5 heteroatoms. The van der Waals surface area contributed by atoms with Crippen molar-refractivity contribution < 1.29 is 14.6 Å². The molecule has 1 aromatic heterocycles. The highest BCUT2D eigenvalue weighted by atomic mass is 16.5. The smallest absolute Gasteiger partial charge is 0.339 e. The lowest BCUT2D eigenvalue weighted by atomic mass is 10.0. The van der Waals surface area contributed by atoms with E-state index in [-0.39, 0.29) is 5.56 Å². The van der Waals surface area contributed by atoms with Gasteiger partial charge >= 0.3 is 5.97 Å². The first-order chi connectivity index (χ1) is 9.45. The van der Waals surface area contributed by atoms with Crippen LogP contribution < -0.4 is 4.74 Å². The monoisotopic (exact) mass is 274 g/mol. The van der Waals surface area contributed by atoms with Crippen LogP contribution in [0.4, 0.5) is 0 Å². The molecule has 0 saturated carbocycles. The van der Waals surface area contributed by atoms with Crippen LogP contribution in [0.25, 0.3) is 5.69 Å². The zero-order valence-corrected chi connectivity index (χ0v) is 12.0. The minimum absolute atomic E-state index is 0.196. The Bertz CT molecular complexity index is 645. The molecule has 0 spiro atoms. The lowest BCUT2D eigenvalue weighted by molar-refractivity contribution is 0.0696. The van der Waals surface area contributed by atoms with Gasteiger partial charge in [0.1, 0.15) is 17.0 Å². The fraction of sp³-hybridized carbons (Fsp3) is 0.333.